The molecule has 0 saturated carbocycles. The van der Waals surface area contributed by atoms with Gasteiger partial charge in [0.2, 0.25) is 0 Å². The predicted octanol–water partition coefficient (Wildman–Crippen LogP) is 1.59. The molecule has 1 N–H and O–H groups in total. The average molecular weight is 216 g/mol. The Morgan fingerprint density at radius 1 is 1.44 bits per heavy atom. The third-order valence-corrected chi connectivity index (χ3v) is 2.40. The van der Waals surface area contributed by atoms with E-state index in [1.807, 2.05) is 36.3 Å². The number of pyridine rings is 1. The molecule has 0 saturated heterocycles. The lowest BCUT2D eigenvalue weighted by Crippen LogP contribution is -2.11. The Hall–Kier alpha value is -1.68. The molecule has 2 rings (SSSR count). The summed E-state index contributed by atoms with van der Waals surface area (Å²) in [5.41, 5.74) is 3.28. The van der Waals surface area contributed by atoms with E-state index in [0.29, 0.717) is 0 Å². The van der Waals surface area contributed by atoms with Gasteiger partial charge in [-0.25, -0.2) is 0 Å². The predicted molar refractivity (Wildman–Crippen MR) is 63.8 cm³/mol. The SMILES string of the molecule is CCNCc1cn(C)nc1-c1cccnc1. The molecule has 0 aromatic carbocycles. The maximum absolute atomic E-state index is 4.47. The molecule has 0 unspecified atom stereocenters. The molecule has 0 fully saturated rings. The van der Waals surface area contributed by atoms with E-state index in [9.17, 15) is 0 Å². The van der Waals surface area contributed by atoms with Crippen molar-refractivity contribution in [2.24, 2.45) is 7.05 Å². The zero-order valence-electron chi connectivity index (χ0n) is 9.64. The molecule has 0 aliphatic rings. The molecular formula is C12H16N4. The maximum Gasteiger partial charge on any atom is 0.0983 e. The van der Waals surface area contributed by atoms with Crippen LogP contribution in [0.4, 0.5) is 0 Å². The van der Waals surface area contributed by atoms with Crippen LogP contribution in [0.3, 0.4) is 0 Å². The van der Waals surface area contributed by atoms with E-state index in [-0.39, 0.29) is 0 Å². The molecule has 2 heterocycles. The third kappa shape index (κ3) is 2.28. The third-order valence-electron chi connectivity index (χ3n) is 2.40. The van der Waals surface area contributed by atoms with Crippen molar-refractivity contribution in [3.05, 3.63) is 36.3 Å². The number of nitrogens with zero attached hydrogens (tertiary/aromatic N) is 3. The molecular weight excluding hydrogens is 200 g/mol. The number of rotatable bonds is 4. The fraction of sp³-hybridized carbons (Fsp3) is 0.333. The molecule has 16 heavy (non-hydrogen) atoms. The van der Waals surface area contributed by atoms with Gasteiger partial charge in [0.15, 0.2) is 0 Å². The fourth-order valence-electron chi connectivity index (χ4n) is 1.67. The average Bonchev–Trinajstić information content (AvgIpc) is 2.69. The minimum absolute atomic E-state index is 0.842. The highest BCUT2D eigenvalue weighted by molar-refractivity contribution is 5.61. The van der Waals surface area contributed by atoms with Crippen molar-refractivity contribution < 1.29 is 0 Å². The first-order valence-electron chi connectivity index (χ1n) is 5.45. The summed E-state index contributed by atoms with van der Waals surface area (Å²) in [7, 11) is 1.94. The van der Waals surface area contributed by atoms with Crippen LogP contribution < -0.4 is 5.32 Å². The summed E-state index contributed by atoms with van der Waals surface area (Å²) in [6.45, 7) is 3.90. The van der Waals surface area contributed by atoms with Crippen LogP contribution in [-0.4, -0.2) is 21.3 Å². The lowest BCUT2D eigenvalue weighted by Gasteiger charge is -2.02. The molecule has 0 amide bonds. The Morgan fingerprint density at radius 2 is 2.31 bits per heavy atom. The van der Waals surface area contributed by atoms with Gasteiger partial charge in [-0.3, -0.25) is 9.67 Å². The molecule has 4 nitrogen and oxygen atoms in total. The van der Waals surface area contributed by atoms with Crippen molar-refractivity contribution in [2.75, 3.05) is 6.54 Å². The number of nitrogens with one attached hydrogen (secondary N) is 1. The molecule has 0 aliphatic heterocycles. The fourth-order valence-corrected chi connectivity index (χ4v) is 1.67. The molecule has 2 aromatic heterocycles. The Morgan fingerprint density at radius 3 is 3.00 bits per heavy atom. The quantitative estimate of drug-likeness (QED) is 0.844. The van der Waals surface area contributed by atoms with Crippen LogP contribution in [0.5, 0.6) is 0 Å². The Kier molecular flexibility index (Phi) is 3.31. The molecule has 0 spiro atoms. The lowest BCUT2D eigenvalue weighted by molar-refractivity contribution is 0.724. The standard InChI is InChI=1S/C12H16N4/c1-3-13-8-11-9-16(2)15-12(11)10-5-4-6-14-7-10/h4-7,9,13H,3,8H2,1-2H3. The Balaban J connectivity index is 2.33. The van der Waals surface area contributed by atoms with Crippen LogP contribution in [0, 0.1) is 0 Å². The van der Waals surface area contributed by atoms with E-state index in [0.717, 1.165) is 24.3 Å². The summed E-state index contributed by atoms with van der Waals surface area (Å²) < 4.78 is 1.84. The number of hydrogen-bond donors (Lipinski definition) is 1. The zero-order valence-corrected chi connectivity index (χ0v) is 9.64. The van der Waals surface area contributed by atoms with Gasteiger partial charge in [-0.05, 0) is 18.7 Å². The van der Waals surface area contributed by atoms with E-state index in [1.165, 1.54) is 5.56 Å². The van der Waals surface area contributed by atoms with Gasteiger partial charge in [0.1, 0.15) is 0 Å². The van der Waals surface area contributed by atoms with Crippen LogP contribution in [0.1, 0.15) is 12.5 Å². The van der Waals surface area contributed by atoms with E-state index in [1.54, 1.807) is 6.20 Å². The van der Waals surface area contributed by atoms with Gasteiger partial charge in [0.05, 0.1) is 5.69 Å². The van der Waals surface area contributed by atoms with Crippen molar-refractivity contribution >= 4 is 0 Å². The summed E-state index contributed by atoms with van der Waals surface area (Å²) in [4.78, 5) is 4.12. The van der Waals surface area contributed by atoms with Gasteiger partial charge in [-0.15, -0.1) is 0 Å². The smallest absolute Gasteiger partial charge is 0.0983 e. The number of aromatic nitrogens is 3. The highest BCUT2D eigenvalue weighted by Crippen LogP contribution is 2.20. The molecule has 0 bridgehead atoms. The van der Waals surface area contributed by atoms with E-state index < -0.39 is 0 Å². The second-order valence-corrected chi connectivity index (χ2v) is 3.70. The molecule has 0 radical (unpaired) electrons. The summed E-state index contributed by atoms with van der Waals surface area (Å²) in [5, 5.41) is 7.78. The Bertz CT molecular complexity index is 447. The van der Waals surface area contributed by atoms with Gasteiger partial charge >= 0.3 is 0 Å². The van der Waals surface area contributed by atoms with Crippen molar-refractivity contribution in [1.82, 2.24) is 20.1 Å². The molecule has 0 atom stereocenters. The highest BCUT2D eigenvalue weighted by atomic mass is 15.3. The Labute approximate surface area is 95.3 Å². The van der Waals surface area contributed by atoms with Crippen molar-refractivity contribution in [1.29, 1.82) is 0 Å². The van der Waals surface area contributed by atoms with E-state index >= 15 is 0 Å². The lowest BCUT2D eigenvalue weighted by atomic mass is 10.1. The minimum atomic E-state index is 0.842. The summed E-state index contributed by atoms with van der Waals surface area (Å²) in [5.74, 6) is 0. The van der Waals surface area contributed by atoms with Crippen LogP contribution in [-0.2, 0) is 13.6 Å². The largest absolute Gasteiger partial charge is 0.313 e. The highest BCUT2D eigenvalue weighted by Gasteiger charge is 2.09. The van der Waals surface area contributed by atoms with Crippen LogP contribution in [0.15, 0.2) is 30.7 Å². The maximum atomic E-state index is 4.47. The normalized spacial score (nSPS) is 10.6. The summed E-state index contributed by atoms with van der Waals surface area (Å²) in [6.07, 6.45) is 5.67. The first kappa shape index (κ1) is 10.8. The minimum Gasteiger partial charge on any atom is -0.313 e. The second kappa shape index (κ2) is 4.90. The van der Waals surface area contributed by atoms with Gasteiger partial charge in [-0.2, -0.15) is 5.10 Å². The molecule has 0 aliphatic carbocycles. The van der Waals surface area contributed by atoms with Crippen LogP contribution in [0.2, 0.25) is 0 Å². The molecule has 2 aromatic rings. The molecule has 84 valence electrons. The van der Waals surface area contributed by atoms with E-state index in [4.69, 9.17) is 0 Å². The topological polar surface area (TPSA) is 42.7 Å². The van der Waals surface area contributed by atoms with Crippen molar-refractivity contribution in [3.8, 4) is 11.3 Å². The molecule has 4 heteroatoms. The first-order valence-corrected chi connectivity index (χ1v) is 5.45. The van der Waals surface area contributed by atoms with E-state index in [2.05, 4.69) is 22.3 Å². The summed E-state index contributed by atoms with van der Waals surface area (Å²) >= 11 is 0. The zero-order chi connectivity index (χ0) is 11.4. The monoisotopic (exact) mass is 216 g/mol. The second-order valence-electron chi connectivity index (χ2n) is 3.70. The number of aryl methyl sites for hydroxylation is 1. The number of hydrogen-bond acceptors (Lipinski definition) is 3. The van der Waals surface area contributed by atoms with Crippen LogP contribution in [0.25, 0.3) is 11.3 Å². The van der Waals surface area contributed by atoms with Crippen molar-refractivity contribution in [3.63, 3.8) is 0 Å². The van der Waals surface area contributed by atoms with Gasteiger partial charge in [0, 0.05) is 43.3 Å². The van der Waals surface area contributed by atoms with Gasteiger partial charge in [-0.1, -0.05) is 6.92 Å². The van der Waals surface area contributed by atoms with Crippen molar-refractivity contribution in [2.45, 2.75) is 13.5 Å². The van der Waals surface area contributed by atoms with Gasteiger partial charge < -0.3 is 5.32 Å². The van der Waals surface area contributed by atoms with Crippen LogP contribution >= 0.6 is 0 Å². The van der Waals surface area contributed by atoms with Gasteiger partial charge in [0.25, 0.3) is 0 Å². The summed E-state index contributed by atoms with van der Waals surface area (Å²) in [6, 6.07) is 3.96. The first-order chi connectivity index (χ1) is 7.81.